The molecule has 0 fully saturated rings. The van der Waals surface area contributed by atoms with Crippen molar-refractivity contribution >= 4 is 23.8 Å². The van der Waals surface area contributed by atoms with E-state index in [9.17, 15) is 19.2 Å². The molecule has 0 heterocycles. The van der Waals surface area contributed by atoms with Crippen LogP contribution in [-0.2, 0) is 14.3 Å². The molecule has 0 unspecified atom stereocenters. The Morgan fingerprint density at radius 3 is 2.48 bits per heavy atom. The lowest BCUT2D eigenvalue weighted by molar-refractivity contribution is -0.150. The molecule has 0 bridgehead atoms. The van der Waals surface area contributed by atoms with Crippen molar-refractivity contribution in [2.45, 2.75) is 26.3 Å². The van der Waals surface area contributed by atoms with E-state index >= 15 is 0 Å². The minimum atomic E-state index is -0.836. The quantitative estimate of drug-likeness (QED) is 0.577. The summed E-state index contributed by atoms with van der Waals surface area (Å²) in [4.78, 5) is 45.7. The summed E-state index contributed by atoms with van der Waals surface area (Å²) in [6.07, 6.45) is 0.709. The van der Waals surface area contributed by atoms with Gasteiger partial charge in [0, 0.05) is 6.04 Å². The number of rotatable bonds is 8. The van der Waals surface area contributed by atoms with Gasteiger partial charge in [0.15, 0.2) is 13.2 Å². The lowest BCUT2D eigenvalue weighted by atomic mass is 10.2. The normalized spacial score (nSPS) is 11.1. The number of nitrogens with one attached hydrogen (secondary N) is 2. The molecular weight excluding hydrogens is 330 g/mol. The molecule has 4 amide bonds. The number of hydrogen-bond donors (Lipinski definition) is 3. The summed E-state index contributed by atoms with van der Waals surface area (Å²) in [6.45, 7) is 2.51. The predicted molar refractivity (Wildman–Crippen MR) is 87.8 cm³/mol. The maximum absolute atomic E-state index is 11.6. The largest absolute Gasteiger partial charge is 0.481 e. The summed E-state index contributed by atoms with van der Waals surface area (Å²) in [7, 11) is 0. The highest BCUT2D eigenvalue weighted by molar-refractivity contribution is 5.96. The summed E-state index contributed by atoms with van der Waals surface area (Å²) >= 11 is 0. The van der Waals surface area contributed by atoms with Crippen molar-refractivity contribution in [1.29, 1.82) is 0 Å². The number of ether oxygens (including phenoxy) is 2. The molecule has 25 heavy (non-hydrogen) atoms. The first kappa shape index (κ1) is 19.9. The highest BCUT2D eigenvalue weighted by atomic mass is 16.6. The average molecular weight is 351 g/mol. The lowest BCUT2D eigenvalue weighted by Crippen LogP contribution is -2.44. The van der Waals surface area contributed by atoms with Crippen LogP contribution >= 0.6 is 0 Å². The fraction of sp³-hybridized carbons (Fsp3) is 0.375. The topological polar surface area (TPSA) is 137 Å². The van der Waals surface area contributed by atoms with Gasteiger partial charge in [-0.3, -0.25) is 14.9 Å². The number of carbonyl (C=O) groups is 4. The third kappa shape index (κ3) is 7.34. The molecule has 9 heteroatoms. The molecule has 0 saturated heterocycles. The van der Waals surface area contributed by atoms with E-state index < -0.39 is 37.0 Å². The van der Waals surface area contributed by atoms with E-state index in [4.69, 9.17) is 10.5 Å². The minimum Gasteiger partial charge on any atom is -0.481 e. The van der Waals surface area contributed by atoms with Gasteiger partial charge in [-0.25, -0.2) is 9.59 Å². The fourth-order valence-electron chi connectivity index (χ4n) is 1.65. The number of urea groups is 1. The molecule has 1 aromatic carbocycles. The van der Waals surface area contributed by atoms with Crippen LogP contribution in [0.2, 0.25) is 0 Å². The number of esters is 1. The van der Waals surface area contributed by atoms with Crippen LogP contribution in [0.3, 0.4) is 0 Å². The number of primary amides is 1. The van der Waals surface area contributed by atoms with Crippen molar-refractivity contribution in [3.05, 3.63) is 29.8 Å². The molecule has 0 aliphatic heterocycles. The van der Waals surface area contributed by atoms with Gasteiger partial charge in [0.25, 0.3) is 11.8 Å². The number of nitrogens with two attached hydrogens (primary N) is 1. The van der Waals surface area contributed by atoms with Crippen molar-refractivity contribution in [3.8, 4) is 5.75 Å². The number of amides is 4. The van der Waals surface area contributed by atoms with Crippen molar-refractivity contribution in [2.75, 3.05) is 13.2 Å². The summed E-state index contributed by atoms with van der Waals surface area (Å²) in [5.74, 6) is -2.18. The monoisotopic (exact) mass is 351 g/mol. The number of benzene rings is 1. The first-order chi connectivity index (χ1) is 11.8. The predicted octanol–water partition coefficient (Wildman–Crippen LogP) is 0.332. The van der Waals surface area contributed by atoms with Crippen LogP contribution in [0, 0.1) is 0 Å². The second-order valence-electron chi connectivity index (χ2n) is 5.14. The third-order valence-corrected chi connectivity index (χ3v) is 3.11. The third-order valence-electron chi connectivity index (χ3n) is 3.11. The smallest absolute Gasteiger partial charge is 0.344 e. The number of hydrogen-bond acceptors (Lipinski definition) is 6. The van der Waals surface area contributed by atoms with Crippen LogP contribution in [-0.4, -0.2) is 43.1 Å². The van der Waals surface area contributed by atoms with Gasteiger partial charge in [0.05, 0.1) is 5.56 Å². The molecule has 0 saturated carbocycles. The van der Waals surface area contributed by atoms with Gasteiger partial charge in [-0.2, -0.15) is 0 Å². The maximum Gasteiger partial charge on any atom is 0.344 e. The Kier molecular flexibility index (Phi) is 7.91. The number of para-hydroxylation sites is 1. The highest BCUT2D eigenvalue weighted by Crippen LogP contribution is 2.16. The molecule has 0 aromatic heterocycles. The van der Waals surface area contributed by atoms with Gasteiger partial charge in [-0.05, 0) is 25.5 Å². The molecule has 0 aliphatic carbocycles. The Hall–Kier alpha value is -3.10. The Balaban J connectivity index is 2.37. The minimum absolute atomic E-state index is 0.0888. The standard InChI is InChI=1S/C16H21N3O6/c1-3-10(2)18-16(23)19-13(20)8-25-14(21)9-24-12-7-5-4-6-11(12)15(17)22/h4-7,10H,3,8-9H2,1-2H3,(H2,17,22)(H2,18,19,20,23)/t10-/m0/s1. The Morgan fingerprint density at radius 2 is 1.84 bits per heavy atom. The highest BCUT2D eigenvalue weighted by Gasteiger charge is 2.14. The molecule has 0 aliphatic rings. The summed E-state index contributed by atoms with van der Waals surface area (Å²) in [6, 6.07) is 5.37. The first-order valence-corrected chi connectivity index (χ1v) is 7.61. The second kappa shape index (κ2) is 9.91. The zero-order valence-electron chi connectivity index (χ0n) is 14.0. The molecule has 136 valence electrons. The van der Waals surface area contributed by atoms with Crippen molar-refractivity contribution in [2.24, 2.45) is 5.73 Å². The Bertz CT molecular complexity index is 647. The van der Waals surface area contributed by atoms with Crippen LogP contribution in [0.4, 0.5) is 4.79 Å². The Labute approximate surface area is 144 Å². The molecule has 1 rings (SSSR count). The maximum atomic E-state index is 11.6. The van der Waals surface area contributed by atoms with Crippen LogP contribution in [0.1, 0.15) is 30.6 Å². The molecule has 9 nitrogen and oxygen atoms in total. The van der Waals surface area contributed by atoms with Gasteiger partial charge in [-0.1, -0.05) is 19.1 Å². The van der Waals surface area contributed by atoms with E-state index in [1.165, 1.54) is 12.1 Å². The summed E-state index contributed by atoms with van der Waals surface area (Å²) in [5.41, 5.74) is 5.30. The van der Waals surface area contributed by atoms with Gasteiger partial charge in [0.1, 0.15) is 5.75 Å². The first-order valence-electron chi connectivity index (χ1n) is 7.61. The van der Waals surface area contributed by atoms with E-state index in [0.717, 1.165) is 0 Å². The van der Waals surface area contributed by atoms with Crippen LogP contribution in [0.5, 0.6) is 5.75 Å². The molecule has 0 radical (unpaired) electrons. The van der Waals surface area contributed by atoms with E-state index in [0.29, 0.717) is 6.42 Å². The Morgan fingerprint density at radius 1 is 1.16 bits per heavy atom. The molecule has 1 aromatic rings. The summed E-state index contributed by atoms with van der Waals surface area (Å²) in [5, 5.41) is 4.56. The van der Waals surface area contributed by atoms with Crippen molar-refractivity contribution < 1.29 is 28.7 Å². The molecular formula is C16H21N3O6. The van der Waals surface area contributed by atoms with E-state index in [1.54, 1.807) is 19.1 Å². The van der Waals surface area contributed by atoms with E-state index in [-0.39, 0.29) is 17.4 Å². The van der Waals surface area contributed by atoms with Crippen LogP contribution < -0.4 is 21.1 Å². The zero-order valence-corrected chi connectivity index (χ0v) is 14.0. The molecule has 1 atom stereocenters. The SMILES string of the molecule is CC[C@H](C)NC(=O)NC(=O)COC(=O)COc1ccccc1C(N)=O. The van der Waals surface area contributed by atoms with E-state index in [1.807, 2.05) is 12.2 Å². The fourth-order valence-corrected chi connectivity index (χ4v) is 1.65. The average Bonchev–Trinajstić information content (AvgIpc) is 2.57. The second-order valence-corrected chi connectivity index (χ2v) is 5.14. The number of carbonyl (C=O) groups excluding carboxylic acids is 4. The van der Waals surface area contributed by atoms with Crippen LogP contribution in [0.15, 0.2) is 24.3 Å². The van der Waals surface area contributed by atoms with Crippen molar-refractivity contribution in [1.82, 2.24) is 10.6 Å². The van der Waals surface area contributed by atoms with Crippen molar-refractivity contribution in [3.63, 3.8) is 0 Å². The van der Waals surface area contributed by atoms with Crippen LogP contribution in [0.25, 0.3) is 0 Å². The van der Waals surface area contributed by atoms with E-state index in [2.05, 4.69) is 10.1 Å². The lowest BCUT2D eigenvalue weighted by Gasteiger charge is -2.12. The number of imide groups is 1. The summed E-state index contributed by atoms with van der Waals surface area (Å²) < 4.78 is 9.84. The van der Waals surface area contributed by atoms with Gasteiger partial charge in [0.2, 0.25) is 0 Å². The zero-order chi connectivity index (χ0) is 18.8. The van der Waals surface area contributed by atoms with Gasteiger partial charge >= 0.3 is 12.0 Å². The molecule has 0 spiro atoms. The molecule has 4 N–H and O–H groups in total. The van der Waals surface area contributed by atoms with Gasteiger partial charge in [-0.15, -0.1) is 0 Å². The van der Waals surface area contributed by atoms with Gasteiger partial charge < -0.3 is 20.5 Å².